The van der Waals surface area contributed by atoms with E-state index in [4.69, 9.17) is 0 Å². The lowest BCUT2D eigenvalue weighted by Crippen LogP contribution is -2.11. The Balaban J connectivity index is 2.10. The summed E-state index contributed by atoms with van der Waals surface area (Å²) in [6, 6.07) is 3.62. The van der Waals surface area contributed by atoms with Crippen LogP contribution in [0.2, 0.25) is 0 Å². The minimum absolute atomic E-state index is 0.000118. The van der Waals surface area contributed by atoms with Crippen molar-refractivity contribution < 1.29 is 9.90 Å². The van der Waals surface area contributed by atoms with E-state index in [0.717, 1.165) is 30.4 Å². The van der Waals surface area contributed by atoms with Crippen molar-refractivity contribution in [2.75, 3.05) is 5.32 Å². The van der Waals surface area contributed by atoms with Gasteiger partial charge in [0, 0.05) is 6.42 Å². The van der Waals surface area contributed by atoms with Crippen LogP contribution in [0.4, 0.5) is 5.69 Å². The highest BCUT2D eigenvalue weighted by atomic mass is 16.3. The summed E-state index contributed by atoms with van der Waals surface area (Å²) in [5.74, 6) is 0.166. The van der Waals surface area contributed by atoms with Gasteiger partial charge in [-0.15, -0.1) is 0 Å². The first-order valence-corrected chi connectivity index (χ1v) is 10.7. The highest BCUT2D eigenvalue weighted by Crippen LogP contribution is 2.27. The number of hydrogen-bond donors (Lipinski definition) is 2. The summed E-state index contributed by atoms with van der Waals surface area (Å²) in [6.07, 6.45) is 15.5. The average molecular weight is 362 g/mol. The van der Waals surface area contributed by atoms with E-state index in [2.05, 4.69) is 19.2 Å². The van der Waals surface area contributed by atoms with Crippen molar-refractivity contribution in [1.82, 2.24) is 0 Å². The molecule has 0 aromatic heterocycles. The zero-order chi connectivity index (χ0) is 19.2. The predicted molar refractivity (Wildman–Crippen MR) is 112 cm³/mol. The van der Waals surface area contributed by atoms with Gasteiger partial charge < -0.3 is 10.4 Å². The maximum absolute atomic E-state index is 12.1. The van der Waals surface area contributed by atoms with Crippen LogP contribution in [0.1, 0.15) is 102 Å². The summed E-state index contributed by atoms with van der Waals surface area (Å²) in [4.78, 5) is 12.1. The van der Waals surface area contributed by atoms with Crippen LogP contribution in [-0.2, 0) is 11.2 Å². The van der Waals surface area contributed by atoms with Crippen molar-refractivity contribution in [3.05, 3.63) is 23.3 Å². The largest absolute Gasteiger partial charge is 0.506 e. The number of amides is 1. The van der Waals surface area contributed by atoms with E-state index >= 15 is 0 Å². The lowest BCUT2D eigenvalue weighted by molar-refractivity contribution is -0.116. The molecule has 0 unspecified atom stereocenters. The third-order valence-electron chi connectivity index (χ3n) is 5.12. The van der Waals surface area contributed by atoms with Gasteiger partial charge >= 0.3 is 0 Å². The van der Waals surface area contributed by atoms with E-state index in [1.165, 1.54) is 57.8 Å². The third-order valence-corrected chi connectivity index (χ3v) is 5.12. The summed E-state index contributed by atoms with van der Waals surface area (Å²) < 4.78 is 0. The van der Waals surface area contributed by atoms with Crippen LogP contribution < -0.4 is 5.32 Å². The van der Waals surface area contributed by atoms with Crippen LogP contribution in [0.5, 0.6) is 5.75 Å². The van der Waals surface area contributed by atoms with E-state index < -0.39 is 0 Å². The number of aryl methyl sites for hydroxylation is 2. The molecular weight excluding hydrogens is 322 g/mol. The topological polar surface area (TPSA) is 49.3 Å². The number of hydrogen-bond acceptors (Lipinski definition) is 2. The van der Waals surface area contributed by atoms with Gasteiger partial charge in [-0.25, -0.2) is 0 Å². The fourth-order valence-corrected chi connectivity index (χ4v) is 3.38. The molecule has 0 spiro atoms. The molecule has 2 N–H and O–H groups in total. The number of nitrogens with one attached hydrogen (secondary N) is 1. The number of carbonyl (C=O) groups excluding carboxylic acids is 1. The number of rotatable bonds is 14. The van der Waals surface area contributed by atoms with Crippen LogP contribution in [-0.4, -0.2) is 11.0 Å². The summed E-state index contributed by atoms with van der Waals surface area (Å²) in [7, 11) is 0. The Morgan fingerprint density at radius 2 is 1.42 bits per heavy atom. The van der Waals surface area contributed by atoms with Gasteiger partial charge in [-0.2, -0.15) is 0 Å². The normalized spacial score (nSPS) is 10.9. The molecule has 0 aliphatic heterocycles. The van der Waals surface area contributed by atoms with Crippen LogP contribution >= 0.6 is 0 Å². The van der Waals surface area contributed by atoms with Gasteiger partial charge in [0.05, 0.1) is 5.69 Å². The van der Waals surface area contributed by atoms with Crippen molar-refractivity contribution in [2.24, 2.45) is 0 Å². The number of aromatic hydroxyl groups is 1. The third kappa shape index (κ3) is 9.26. The molecule has 0 atom stereocenters. The second-order valence-electron chi connectivity index (χ2n) is 7.48. The number of anilines is 1. The monoisotopic (exact) mass is 361 g/mol. The summed E-state index contributed by atoms with van der Waals surface area (Å²) in [5, 5.41) is 12.9. The van der Waals surface area contributed by atoms with Crippen molar-refractivity contribution >= 4 is 11.6 Å². The quantitative estimate of drug-likeness (QED) is 0.279. The lowest BCUT2D eigenvalue weighted by Gasteiger charge is -2.11. The molecule has 0 fully saturated rings. The molecule has 0 heterocycles. The fourth-order valence-electron chi connectivity index (χ4n) is 3.38. The van der Waals surface area contributed by atoms with Crippen LogP contribution in [0.15, 0.2) is 12.1 Å². The van der Waals surface area contributed by atoms with Gasteiger partial charge in [0.2, 0.25) is 5.91 Å². The van der Waals surface area contributed by atoms with E-state index in [1.54, 1.807) is 6.07 Å². The predicted octanol–water partition coefficient (Wildman–Crippen LogP) is 6.90. The zero-order valence-electron chi connectivity index (χ0n) is 17.2. The smallest absolute Gasteiger partial charge is 0.224 e. The van der Waals surface area contributed by atoms with Gasteiger partial charge in [-0.3, -0.25) is 4.79 Å². The molecule has 0 saturated heterocycles. The SMILES string of the molecule is CCCCCCCCCCCCCC(=O)Nc1cc(C)c(CC)cc1O. The first kappa shape index (κ1) is 22.5. The Bertz CT molecular complexity index is 525. The van der Waals surface area contributed by atoms with Crippen LogP contribution in [0, 0.1) is 6.92 Å². The Morgan fingerprint density at radius 1 is 0.885 bits per heavy atom. The maximum Gasteiger partial charge on any atom is 0.224 e. The molecule has 3 heteroatoms. The highest BCUT2D eigenvalue weighted by molar-refractivity contribution is 5.92. The number of benzene rings is 1. The summed E-state index contributed by atoms with van der Waals surface area (Å²) in [5.41, 5.74) is 2.76. The van der Waals surface area contributed by atoms with Gasteiger partial charge in [-0.05, 0) is 43.0 Å². The summed E-state index contributed by atoms with van der Waals surface area (Å²) >= 11 is 0. The molecule has 1 rings (SSSR count). The molecule has 1 aromatic carbocycles. The standard InChI is InChI=1S/C23H39NO2/c1-4-6-7-8-9-10-11-12-13-14-15-16-23(26)24-21-17-19(3)20(5-2)18-22(21)25/h17-18,25H,4-16H2,1-3H3,(H,24,26). The molecule has 0 aliphatic rings. The average Bonchev–Trinajstić information content (AvgIpc) is 2.62. The number of phenolic OH excluding ortho intramolecular Hbond substituents is 1. The second-order valence-corrected chi connectivity index (χ2v) is 7.48. The molecule has 3 nitrogen and oxygen atoms in total. The van der Waals surface area contributed by atoms with Crippen molar-refractivity contribution in [3.63, 3.8) is 0 Å². The minimum atomic E-state index is -0.000118. The van der Waals surface area contributed by atoms with Crippen LogP contribution in [0.25, 0.3) is 0 Å². The van der Waals surface area contributed by atoms with Crippen molar-refractivity contribution in [3.8, 4) is 5.75 Å². The highest BCUT2D eigenvalue weighted by Gasteiger charge is 2.09. The summed E-state index contributed by atoms with van der Waals surface area (Å²) in [6.45, 7) is 6.33. The van der Waals surface area contributed by atoms with E-state index in [0.29, 0.717) is 12.1 Å². The second kappa shape index (κ2) is 13.7. The van der Waals surface area contributed by atoms with E-state index in [9.17, 15) is 9.90 Å². The number of phenols is 1. The Labute approximate surface area is 160 Å². The molecule has 0 saturated carbocycles. The molecule has 0 bridgehead atoms. The van der Waals surface area contributed by atoms with Gasteiger partial charge in [0.1, 0.15) is 5.75 Å². The first-order chi connectivity index (χ1) is 12.6. The van der Waals surface area contributed by atoms with E-state index in [-0.39, 0.29) is 11.7 Å². The minimum Gasteiger partial charge on any atom is -0.506 e. The van der Waals surface area contributed by atoms with Gasteiger partial charge in [0.25, 0.3) is 0 Å². The number of unbranched alkanes of at least 4 members (excludes halogenated alkanes) is 10. The molecule has 26 heavy (non-hydrogen) atoms. The molecule has 0 radical (unpaired) electrons. The number of carbonyl (C=O) groups is 1. The Hall–Kier alpha value is -1.51. The van der Waals surface area contributed by atoms with Crippen LogP contribution in [0.3, 0.4) is 0 Å². The van der Waals surface area contributed by atoms with E-state index in [1.807, 2.05) is 13.0 Å². The van der Waals surface area contributed by atoms with Gasteiger partial charge in [0.15, 0.2) is 0 Å². The van der Waals surface area contributed by atoms with Crippen molar-refractivity contribution in [2.45, 2.75) is 104 Å². The lowest BCUT2D eigenvalue weighted by atomic mass is 10.0. The molecule has 148 valence electrons. The zero-order valence-corrected chi connectivity index (χ0v) is 17.2. The first-order valence-electron chi connectivity index (χ1n) is 10.7. The molecular formula is C23H39NO2. The molecule has 1 amide bonds. The Morgan fingerprint density at radius 3 is 1.96 bits per heavy atom. The fraction of sp³-hybridized carbons (Fsp3) is 0.696. The van der Waals surface area contributed by atoms with Crippen molar-refractivity contribution in [1.29, 1.82) is 0 Å². The Kier molecular flexibility index (Phi) is 11.8. The van der Waals surface area contributed by atoms with Gasteiger partial charge in [-0.1, -0.05) is 78.1 Å². The molecule has 0 aliphatic carbocycles. The maximum atomic E-state index is 12.1. The molecule has 1 aromatic rings.